The average Bonchev–Trinajstić information content (AvgIpc) is 3.35. The molecule has 1 aromatic heterocycles. The van der Waals surface area contributed by atoms with Gasteiger partial charge in [0.15, 0.2) is 5.82 Å². The molecule has 3 heteroatoms. The van der Waals surface area contributed by atoms with Crippen LogP contribution in [0, 0.1) is 0 Å². The minimum absolute atomic E-state index is 0.0442. The Morgan fingerprint density at radius 2 is 1.38 bits per heavy atom. The summed E-state index contributed by atoms with van der Waals surface area (Å²) < 4.78 is 2.36. The molecule has 0 saturated heterocycles. The minimum atomic E-state index is 0.0442. The first-order valence-corrected chi connectivity index (χ1v) is 13.4. The summed E-state index contributed by atoms with van der Waals surface area (Å²) in [4.78, 5) is 5.35. The van der Waals surface area contributed by atoms with Gasteiger partial charge in [-0.05, 0) is 40.1 Å². The molecule has 0 bridgehead atoms. The average molecular weight is 500 g/mol. The fourth-order valence-corrected chi connectivity index (χ4v) is 5.96. The van der Waals surface area contributed by atoms with Crippen LogP contribution in [0.15, 0.2) is 145 Å². The quantitative estimate of drug-likeness (QED) is 0.260. The van der Waals surface area contributed by atoms with Crippen molar-refractivity contribution in [2.24, 2.45) is 4.99 Å². The van der Waals surface area contributed by atoms with Crippen molar-refractivity contribution >= 4 is 49.8 Å². The number of nitrogens with one attached hydrogen (secondary N) is 1. The lowest BCUT2D eigenvalue weighted by Crippen LogP contribution is -2.37. The maximum Gasteiger partial charge on any atom is 0.162 e. The fraction of sp³-hybridized carbons (Fsp3) is 0.0278. The Morgan fingerprint density at radius 3 is 2.23 bits per heavy atom. The van der Waals surface area contributed by atoms with Crippen LogP contribution in [0.25, 0.3) is 55.2 Å². The van der Waals surface area contributed by atoms with E-state index in [2.05, 4.69) is 149 Å². The summed E-state index contributed by atoms with van der Waals surface area (Å²) in [6.45, 7) is 0. The van der Waals surface area contributed by atoms with Crippen molar-refractivity contribution in [1.29, 1.82) is 0 Å². The van der Waals surface area contributed by atoms with Gasteiger partial charge in [-0.25, -0.2) is 4.99 Å². The summed E-state index contributed by atoms with van der Waals surface area (Å²) >= 11 is 0. The molecule has 0 amide bonds. The number of fused-ring (bicyclic) bond motifs is 6. The third kappa shape index (κ3) is 3.48. The van der Waals surface area contributed by atoms with Gasteiger partial charge in [-0.2, -0.15) is 0 Å². The van der Waals surface area contributed by atoms with E-state index in [0.29, 0.717) is 0 Å². The molecule has 0 spiro atoms. The zero-order chi connectivity index (χ0) is 25.8. The molecule has 0 saturated carbocycles. The molecule has 5 aromatic carbocycles. The third-order valence-corrected chi connectivity index (χ3v) is 7.80. The molecule has 2 aliphatic rings. The monoisotopic (exact) mass is 499 g/mol. The fourth-order valence-electron chi connectivity index (χ4n) is 5.96. The van der Waals surface area contributed by atoms with E-state index in [1.165, 1.54) is 32.7 Å². The van der Waals surface area contributed by atoms with Crippen molar-refractivity contribution in [1.82, 2.24) is 9.88 Å². The van der Waals surface area contributed by atoms with E-state index in [-0.39, 0.29) is 6.04 Å². The Morgan fingerprint density at radius 1 is 0.615 bits per heavy atom. The van der Waals surface area contributed by atoms with E-state index in [9.17, 15) is 0 Å². The van der Waals surface area contributed by atoms with Crippen LogP contribution in [0.4, 0.5) is 0 Å². The maximum atomic E-state index is 5.35. The van der Waals surface area contributed by atoms with Gasteiger partial charge in [0, 0.05) is 16.3 Å². The van der Waals surface area contributed by atoms with Crippen molar-refractivity contribution in [3.05, 3.63) is 145 Å². The first kappa shape index (κ1) is 21.9. The molecule has 1 aliphatic heterocycles. The lowest BCUT2D eigenvalue weighted by atomic mass is 10.0. The van der Waals surface area contributed by atoms with Gasteiger partial charge in [-0.15, -0.1) is 0 Å². The van der Waals surface area contributed by atoms with Gasteiger partial charge < -0.3 is 5.32 Å². The van der Waals surface area contributed by atoms with Gasteiger partial charge >= 0.3 is 0 Å². The van der Waals surface area contributed by atoms with Crippen LogP contribution >= 0.6 is 0 Å². The number of hydrogen-bond donors (Lipinski definition) is 1. The Kier molecular flexibility index (Phi) is 4.89. The van der Waals surface area contributed by atoms with E-state index in [4.69, 9.17) is 4.99 Å². The highest BCUT2D eigenvalue weighted by Gasteiger charge is 2.27. The summed E-state index contributed by atoms with van der Waals surface area (Å²) in [6.07, 6.45) is 8.43. The van der Waals surface area contributed by atoms with Crippen LogP contribution in [0.1, 0.15) is 5.56 Å². The number of allylic oxidation sites excluding steroid dienone is 2. The first-order valence-electron chi connectivity index (χ1n) is 13.4. The lowest BCUT2D eigenvalue weighted by molar-refractivity contribution is 0.871. The molecule has 8 rings (SSSR count). The Hall–Kier alpha value is -5.15. The number of nitrogens with zero attached hydrogens (tertiary/aromatic N) is 2. The molecule has 0 fully saturated rings. The Labute approximate surface area is 226 Å². The van der Waals surface area contributed by atoms with E-state index >= 15 is 0 Å². The van der Waals surface area contributed by atoms with Gasteiger partial charge in [0.1, 0.15) is 0 Å². The lowest BCUT2D eigenvalue weighted by Gasteiger charge is -2.28. The highest BCUT2D eigenvalue weighted by molar-refractivity contribution is 6.23. The van der Waals surface area contributed by atoms with Crippen LogP contribution in [-0.4, -0.2) is 16.3 Å². The normalized spacial score (nSPS) is 16.5. The summed E-state index contributed by atoms with van der Waals surface area (Å²) in [5.41, 5.74) is 7.85. The number of aromatic nitrogens is 1. The highest BCUT2D eigenvalue weighted by Crippen LogP contribution is 2.40. The van der Waals surface area contributed by atoms with Crippen molar-refractivity contribution in [2.75, 3.05) is 0 Å². The molecule has 184 valence electrons. The molecular weight excluding hydrogens is 474 g/mol. The summed E-state index contributed by atoms with van der Waals surface area (Å²) in [6, 6.07) is 41.2. The number of hydrogen-bond acceptors (Lipinski definition) is 2. The van der Waals surface area contributed by atoms with Crippen molar-refractivity contribution in [3.8, 4) is 11.1 Å². The van der Waals surface area contributed by atoms with Crippen molar-refractivity contribution in [2.45, 2.75) is 6.04 Å². The predicted octanol–water partition coefficient (Wildman–Crippen LogP) is 8.44. The molecule has 1 unspecified atom stereocenters. The van der Waals surface area contributed by atoms with Crippen LogP contribution in [0.3, 0.4) is 0 Å². The van der Waals surface area contributed by atoms with Gasteiger partial charge in [0.25, 0.3) is 0 Å². The highest BCUT2D eigenvalue weighted by atomic mass is 15.2. The smallest absolute Gasteiger partial charge is 0.162 e. The number of benzene rings is 5. The number of rotatable bonds is 3. The SMILES string of the molecule is C1=CC2=NC(n3c4cc(-c5ccccc5)ccc4c4c5ccccc5ccc43)=C(c3ccccc3)NC2C=C1. The molecule has 6 aromatic rings. The van der Waals surface area contributed by atoms with E-state index in [1.54, 1.807) is 0 Å². The largest absolute Gasteiger partial charge is 0.370 e. The molecule has 0 radical (unpaired) electrons. The zero-order valence-electron chi connectivity index (χ0n) is 21.3. The van der Waals surface area contributed by atoms with Gasteiger partial charge in [-0.3, -0.25) is 4.57 Å². The molecule has 2 heterocycles. The van der Waals surface area contributed by atoms with Gasteiger partial charge in [0.2, 0.25) is 0 Å². The molecule has 1 aliphatic carbocycles. The molecule has 1 atom stereocenters. The van der Waals surface area contributed by atoms with Crippen LogP contribution < -0.4 is 5.32 Å². The van der Waals surface area contributed by atoms with Crippen molar-refractivity contribution < 1.29 is 0 Å². The Bertz CT molecular complexity index is 2020. The second-order valence-electron chi connectivity index (χ2n) is 10.1. The van der Waals surface area contributed by atoms with Crippen LogP contribution in [0.5, 0.6) is 0 Å². The Balaban J connectivity index is 1.52. The topological polar surface area (TPSA) is 29.3 Å². The van der Waals surface area contributed by atoms with E-state index in [0.717, 1.165) is 33.8 Å². The van der Waals surface area contributed by atoms with E-state index < -0.39 is 0 Å². The van der Waals surface area contributed by atoms with Crippen molar-refractivity contribution in [3.63, 3.8) is 0 Å². The second kappa shape index (κ2) is 8.71. The summed E-state index contributed by atoms with van der Waals surface area (Å²) in [5.74, 6) is 0.910. The predicted molar refractivity (Wildman–Crippen MR) is 165 cm³/mol. The van der Waals surface area contributed by atoms with Crippen LogP contribution in [-0.2, 0) is 0 Å². The molecule has 3 nitrogen and oxygen atoms in total. The summed E-state index contributed by atoms with van der Waals surface area (Å²) in [7, 11) is 0. The standard InChI is InChI=1S/C36H25N3/c1-3-11-24(12-4-1)27-19-21-29-33(23-27)39(32-22-20-25-13-7-8-16-28(25)34(29)32)36-35(26-14-5-2-6-15-26)37-30-17-9-10-18-31(30)38-36/h1-23,30,37H. The third-order valence-electron chi connectivity index (χ3n) is 7.80. The first-order chi connectivity index (χ1) is 19.3. The number of aliphatic imine (C=N–C) groups is 1. The van der Waals surface area contributed by atoms with Gasteiger partial charge in [0.05, 0.1) is 28.5 Å². The van der Waals surface area contributed by atoms with Gasteiger partial charge in [-0.1, -0.05) is 121 Å². The second-order valence-corrected chi connectivity index (χ2v) is 10.1. The molecule has 1 N–H and O–H groups in total. The van der Waals surface area contributed by atoms with Crippen LogP contribution in [0.2, 0.25) is 0 Å². The zero-order valence-corrected chi connectivity index (χ0v) is 21.3. The molecular formula is C36H25N3. The van der Waals surface area contributed by atoms with E-state index in [1.807, 2.05) is 0 Å². The maximum absolute atomic E-state index is 5.35. The molecule has 39 heavy (non-hydrogen) atoms. The summed E-state index contributed by atoms with van der Waals surface area (Å²) in [5, 5.41) is 8.78. The minimum Gasteiger partial charge on any atom is -0.370 e.